The zero-order valence-corrected chi connectivity index (χ0v) is 15.8. The minimum Gasteiger partial charge on any atom is -0.497 e. The van der Waals surface area contributed by atoms with E-state index in [1.165, 1.54) is 0 Å². The summed E-state index contributed by atoms with van der Waals surface area (Å²) in [6, 6.07) is 13.5. The molecule has 0 fully saturated rings. The third-order valence-electron chi connectivity index (χ3n) is 3.78. The van der Waals surface area contributed by atoms with Gasteiger partial charge in [-0.25, -0.2) is 4.98 Å². The number of hydrogen-bond acceptors (Lipinski definition) is 6. The summed E-state index contributed by atoms with van der Waals surface area (Å²) in [4.78, 5) is 9.15. The van der Waals surface area contributed by atoms with Crippen LogP contribution in [-0.2, 0) is 0 Å². The average Bonchev–Trinajstić information content (AvgIpc) is 3.26. The second kappa shape index (κ2) is 7.32. The number of thioether (sulfide) groups is 2. The van der Waals surface area contributed by atoms with Crippen LogP contribution in [0.2, 0.25) is 5.02 Å². The van der Waals surface area contributed by atoms with Crippen LogP contribution in [0.15, 0.2) is 57.1 Å². The molecular weight excluding hydrogens is 376 g/mol. The Morgan fingerprint density at radius 1 is 1.28 bits per heavy atom. The Labute approximate surface area is 159 Å². The molecule has 0 radical (unpaired) electrons. The van der Waals surface area contributed by atoms with Gasteiger partial charge in [0.2, 0.25) is 0 Å². The van der Waals surface area contributed by atoms with E-state index in [0.29, 0.717) is 15.5 Å². The van der Waals surface area contributed by atoms with Crippen molar-refractivity contribution in [1.82, 2.24) is 4.98 Å². The lowest BCUT2D eigenvalue weighted by molar-refractivity contribution is 0.415. The molecule has 25 heavy (non-hydrogen) atoms. The number of rotatable bonds is 5. The molecule has 1 aliphatic heterocycles. The number of benzene rings is 2. The summed E-state index contributed by atoms with van der Waals surface area (Å²) in [7, 11) is 1.67. The molecule has 7 heteroatoms. The van der Waals surface area contributed by atoms with Gasteiger partial charge in [-0.2, -0.15) is 0 Å². The van der Waals surface area contributed by atoms with Crippen LogP contribution < -0.4 is 4.74 Å². The molecule has 0 aliphatic carbocycles. The molecule has 2 heterocycles. The molecule has 0 spiro atoms. The van der Waals surface area contributed by atoms with E-state index in [2.05, 4.69) is 9.98 Å². The van der Waals surface area contributed by atoms with Crippen LogP contribution in [0.3, 0.4) is 0 Å². The van der Waals surface area contributed by atoms with Crippen LogP contribution in [0.1, 0.15) is 5.56 Å². The summed E-state index contributed by atoms with van der Waals surface area (Å²) in [5, 5.41) is 2.84. The molecule has 128 valence electrons. The van der Waals surface area contributed by atoms with Gasteiger partial charge in [-0.15, -0.1) is 11.8 Å². The summed E-state index contributed by atoms with van der Waals surface area (Å²) >= 11 is 9.41. The van der Waals surface area contributed by atoms with Crippen molar-refractivity contribution in [2.45, 2.75) is 10.5 Å². The predicted molar refractivity (Wildman–Crippen MR) is 106 cm³/mol. The van der Waals surface area contributed by atoms with Crippen LogP contribution in [-0.4, -0.2) is 34.7 Å². The van der Waals surface area contributed by atoms with Crippen molar-refractivity contribution in [3.05, 3.63) is 53.1 Å². The average molecular weight is 391 g/mol. The SMILES string of the molecule is COc1ccc(C2=NC[C@@H](CSc3nc4cc(Cl)ccc4o3)S2)cc1. The van der Waals surface area contributed by atoms with Gasteiger partial charge in [-0.1, -0.05) is 23.4 Å². The van der Waals surface area contributed by atoms with Crippen LogP contribution in [0.4, 0.5) is 0 Å². The summed E-state index contributed by atoms with van der Waals surface area (Å²) in [5.74, 6) is 1.75. The van der Waals surface area contributed by atoms with Crippen molar-refractivity contribution in [3.8, 4) is 5.75 Å². The lowest BCUT2D eigenvalue weighted by Crippen LogP contribution is -2.06. The van der Waals surface area contributed by atoms with Crippen molar-refractivity contribution in [3.63, 3.8) is 0 Å². The monoisotopic (exact) mass is 390 g/mol. The maximum absolute atomic E-state index is 5.99. The minimum atomic E-state index is 0.417. The minimum absolute atomic E-state index is 0.417. The highest BCUT2D eigenvalue weighted by Gasteiger charge is 2.22. The first kappa shape index (κ1) is 16.8. The molecule has 0 unspecified atom stereocenters. The van der Waals surface area contributed by atoms with Gasteiger partial charge in [0, 0.05) is 21.6 Å². The predicted octanol–water partition coefficient (Wildman–Crippen LogP) is 5.14. The Hall–Kier alpha value is -1.63. The molecule has 4 rings (SSSR count). The van der Waals surface area contributed by atoms with Crippen LogP contribution in [0, 0.1) is 0 Å². The number of halogens is 1. The highest BCUT2D eigenvalue weighted by Crippen LogP contribution is 2.32. The van der Waals surface area contributed by atoms with Gasteiger partial charge in [0.05, 0.1) is 18.7 Å². The highest BCUT2D eigenvalue weighted by atomic mass is 35.5. The van der Waals surface area contributed by atoms with E-state index >= 15 is 0 Å². The van der Waals surface area contributed by atoms with Gasteiger partial charge >= 0.3 is 0 Å². The van der Waals surface area contributed by atoms with E-state index in [-0.39, 0.29) is 0 Å². The number of ether oxygens (including phenoxy) is 1. The number of aromatic nitrogens is 1. The fourth-order valence-corrected chi connectivity index (χ4v) is 4.78. The fourth-order valence-electron chi connectivity index (χ4n) is 2.50. The molecular formula is C18H15ClN2O2S2. The van der Waals surface area contributed by atoms with Crippen molar-refractivity contribution in [2.24, 2.45) is 4.99 Å². The maximum atomic E-state index is 5.99. The molecule has 0 N–H and O–H groups in total. The van der Waals surface area contributed by atoms with Crippen LogP contribution in [0.25, 0.3) is 11.1 Å². The van der Waals surface area contributed by atoms with E-state index in [4.69, 9.17) is 20.8 Å². The molecule has 1 aliphatic rings. The number of fused-ring (bicyclic) bond motifs is 1. The van der Waals surface area contributed by atoms with E-state index < -0.39 is 0 Å². The normalized spacial score (nSPS) is 17.0. The standard InChI is InChI=1S/C18H15ClN2O2S2/c1-22-13-5-2-11(3-6-13)17-20-9-14(25-17)10-24-18-21-15-8-12(19)4-7-16(15)23-18/h2-8,14H,9-10H2,1H3/t14-/m0/s1. The number of nitrogens with zero attached hydrogens (tertiary/aromatic N) is 2. The zero-order valence-electron chi connectivity index (χ0n) is 13.4. The Bertz CT molecular complexity index is 924. The summed E-state index contributed by atoms with van der Waals surface area (Å²) < 4.78 is 10.9. The summed E-state index contributed by atoms with van der Waals surface area (Å²) in [6.45, 7) is 0.811. The third kappa shape index (κ3) is 3.81. The highest BCUT2D eigenvalue weighted by molar-refractivity contribution is 8.16. The molecule has 0 saturated heterocycles. The molecule has 3 aromatic rings. The largest absolute Gasteiger partial charge is 0.497 e. The van der Waals surface area contributed by atoms with Gasteiger partial charge in [0.1, 0.15) is 11.3 Å². The molecule has 4 nitrogen and oxygen atoms in total. The zero-order chi connectivity index (χ0) is 17.2. The second-order valence-corrected chi connectivity index (χ2v) is 8.21. The molecule has 0 bridgehead atoms. The first-order valence-corrected chi connectivity index (χ1v) is 10.00. The molecule has 0 amide bonds. The van der Waals surface area contributed by atoms with E-state index in [9.17, 15) is 0 Å². The first-order valence-electron chi connectivity index (χ1n) is 7.76. The molecule has 1 atom stereocenters. The van der Waals surface area contributed by atoms with Crippen molar-refractivity contribution >= 4 is 51.3 Å². The lowest BCUT2D eigenvalue weighted by atomic mass is 10.2. The third-order valence-corrected chi connectivity index (χ3v) is 6.45. The van der Waals surface area contributed by atoms with E-state index in [0.717, 1.165) is 39.8 Å². The van der Waals surface area contributed by atoms with Crippen molar-refractivity contribution < 1.29 is 9.15 Å². The molecule has 0 saturated carbocycles. The maximum Gasteiger partial charge on any atom is 0.256 e. The van der Waals surface area contributed by atoms with Crippen molar-refractivity contribution in [1.29, 1.82) is 0 Å². The summed E-state index contributed by atoms with van der Waals surface area (Å²) in [6.07, 6.45) is 0. The Kier molecular flexibility index (Phi) is 4.92. The van der Waals surface area contributed by atoms with Gasteiger partial charge in [0.25, 0.3) is 5.22 Å². The second-order valence-electron chi connectivity index (χ2n) is 5.52. The summed E-state index contributed by atoms with van der Waals surface area (Å²) in [5.41, 5.74) is 2.69. The fraction of sp³-hybridized carbons (Fsp3) is 0.222. The van der Waals surface area contributed by atoms with Gasteiger partial charge in [-0.05, 0) is 42.5 Å². The topological polar surface area (TPSA) is 47.6 Å². The number of hydrogen-bond donors (Lipinski definition) is 0. The Morgan fingerprint density at radius 3 is 2.92 bits per heavy atom. The Morgan fingerprint density at radius 2 is 2.12 bits per heavy atom. The van der Waals surface area contributed by atoms with Crippen molar-refractivity contribution in [2.75, 3.05) is 19.4 Å². The smallest absolute Gasteiger partial charge is 0.256 e. The lowest BCUT2D eigenvalue weighted by Gasteiger charge is -2.06. The number of methoxy groups -OCH3 is 1. The van der Waals surface area contributed by atoms with Crippen LogP contribution in [0.5, 0.6) is 5.75 Å². The number of oxazole rings is 1. The molecule has 1 aromatic heterocycles. The van der Waals surface area contributed by atoms with Gasteiger partial charge in [-0.3, -0.25) is 4.99 Å². The molecule has 2 aromatic carbocycles. The van der Waals surface area contributed by atoms with E-state index in [1.54, 1.807) is 30.6 Å². The van der Waals surface area contributed by atoms with Gasteiger partial charge in [0.15, 0.2) is 5.58 Å². The number of aliphatic imine (C=N–C) groups is 1. The Balaban J connectivity index is 1.36. The van der Waals surface area contributed by atoms with E-state index in [1.807, 2.05) is 42.5 Å². The van der Waals surface area contributed by atoms with Crippen LogP contribution >= 0.6 is 35.1 Å². The van der Waals surface area contributed by atoms with Gasteiger partial charge < -0.3 is 9.15 Å². The first-order chi connectivity index (χ1) is 12.2. The quantitative estimate of drug-likeness (QED) is 0.564.